The van der Waals surface area contributed by atoms with E-state index >= 15 is 0 Å². The van der Waals surface area contributed by atoms with Gasteiger partial charge in [-0.1, -0.05) is 24.3 Å². The van der Waals surface area contributed by atoms with Crippen molar-refractivity contribution in [3.63, 3.8) is 0 Å². The maximum atomic E-state index is 12.3. The summed E-state index contributed by atoms with van der Waals surface area (Å²) >= 11 is 0. The molecule has 0 aliphatic rings. The number of hydrogen-bond donors (Lipinski definition) is 2. The number of rotatable bonds is 6. The lowest BCUT2D eigenvalue weighted by atomic mass is 10.1. The lowest BCUT2D eigenvalue weighted by Crippen LogP contribution is -2.17. The average Bonchev–Trinajstić information content (AvgIpc) is 2.60. The molecule has 0 bridgehead atoms. The number of methoxy groups -OCH3 is 1. The molecule has 0 radical (unpaired) electrons. The Labute approximate surface area is 135 Å². The van der Waals surface area contributed by atoms with Crippen LogP contribution in [0.5, 0.6) is 5.75 Å². The zero-order chi connectivity index (χ0) is 16.7. The van der Waals surface area contributed by atoms with Crippen molar-refractivity contribution >= 4 is 17.5 Å². The Kier molecular flexibility index (Phi) is 5.74. The highest BCUT2D eigenvalue weighted by Crippen LogP contribution is 2.19. The number of nitrogens with one attached hydrogen (secondary N) is 2. The molecule has 2 aromatic carbocycles. The summed E-state index contributed by atoms with van der Waals surface area (Å²) in [6.45, 7) is 0. The molecule has 0 atom stereocenters. The van der Waals surface area contributed by atoms with Gasteiger partial charge < -0.3 is 15.4 Å². The second-order valence-electron chi connectivity index (χ2n) is 5.02. The van der Waals surface area contributed by atoms with Crippen LogP contribution in [0, 0.1) is 0 Å². The van der Waals surface area contributed by atoms with Crippen LogP contribution in [-0.2, 0) is 11.2 Å². The van der Waals surface area contributed by atoms with Gasteiger partial charge in [-0.15, -0.1) is 0 Å². The van der Waals surface area contributed by atoms with E-state index in [2.05, 4.69) is 10.6 Å². The van der Waals surface area contributed by atoms with Gasteiger partial charge in [0.1, 0.15) is 5.75 Å². The molecule has 0 aliphatic heterocycles. The third-order valence-corrected chi connectivity index (χ3v) is 3.48. The Morgan fingerprint density at radius 2 is 1.74 bits per heavy atom. The van der Waals surface area contributed by atoms with Crippen LogP contribution in [-0.4, -0.2) is 26.0 Å². The number of para-hydroxylation sites is 1. The second kappa shape index (κ2) is 7.98. The molecule has 0 heterocycles. The highest BCUT2D eigenvalue weighted by Gasteiger charge is 2.11. The van der Waals surface area contributed by atoms with Crippen LogP contribution in [0.3, 0.4) is 0 Å². The average molecular weight is 312 g/mol. The van der Waals surface area contributed by atoms with Crippen LogP contribution in [0.15, 0.2) is 48.5 Å². The van der Waals surface area contributed by atoms with Crippen molar-refractivity contribution in [1.82, 2.24) is 5.32 Å². The lowest BCUT2D eigenvalue weighted by molar-refractivity contribution is -0.120. The molecule has 23 heavy (non-hydrogen) atoms. The molecule has 2 aromatic rings. The fourth-order valence-electron chi connectivity index (χ4n) is 2.17. The van der Waals surface area contributed by atoms with Crippen LogP contribution in [0.25, 0.3) is 0 Å². The summed E-state index contributed by atoms with van der Waals surface area (Å²) in [5.41, 5.74) is 2.23. The molecule has 0 aliphatic carbocycles. The van der Waals surface area contributed by atoms with Gasteiger partial charge in [-0.05, 0) is 36.2 Å². The molecular formula is C18H20N2O3. The fraction of sp³-hybridized carbons (Fsp3) is 0.222. The summed E-state index contributed by atoms with van der Waals surface area (Å²) < 4.78 is 5.19. The lowest BCUT2D eigenvalue weighted by Gasteiger charge is -2.09. The first kappa shape index (κ1) is 16.5. The van der Waals surface area contributed by atoms with E-state index in [4.69, 9.17) is 4.74 Å². The molecule has 0 aromatic heterocycles. The minimum absolute atomic E-state index is 0.0125. The summed E-state index contributed by atoms with van der Waals surface area (Å²) in [7, 11) is 3.16. The number of amides is 2. The van der Waals surface area contributed by atoms with Gasteiger partial charge in [-0.3, -0.25) is 9.59 Å². The van der Waals surface area contributed by atoms with Crippen LogP contribution in [0.4, 0.5) is 5.69 Å². The second-order valence-corrected chi connectivity index (χ2v) is 5.02. The third kappa shape index (κ3) is 4.57. The van der Waals surface area contributed by atoms with Crippen molar-refractivity contribution in [1.29, 1.82) is 0 Å². The summed E-state index contributed by atoms with van der Waals surface area (Å²) in [6.07, 6.45) is 1.11. The van der Waals surface area contributed by atoms with E-state index in [9.17, 15) is 9.59 Å². The molecule has 2 amide bonds. The number of hydrogen-bond acceptors (Lipinski definition) is 3. The smallest absolute Gasteiger partial charge is 0.259 e. The Morgan fingerprint density at radius 1 is 1.04 bits per heavy atom. The van der Waals surface area contributed by atoms with Crippen LogP contribution < -0.4 is 15.4 Å². The number of carbonyl (C=O) groups is 2. The summed E-state index contributed by atoms with van der Waals surface area (Å²) in [6, 6.07) is 14.5. The Bertz CT molecular complexity index is 681. The molecule has 5 nitrogen and oxygen atoms in total. The molecule has 2 rings (SSSR count). The predicted molar refractivity (Wildman–Crippen MR) is 89.8 cm³/mol. The van der Waals surface area contributed by atoms with Crippen molar-refractivity contribution in [2.45, 2.75) is 12.8 Å². The largest absolute Gasteiger partial charge is 0.496 e. The van der Waals surface area contributed by atoms with Gasteiger partial charge in [0.2, 0.25) is 5.91 Å². The first-order valence-corrected chi connectivity index (χ1v) is 7.38. The molecule has 0 saturated heterocycles. The van der Waals surface area contributed by atoms with Crippen LogP contribution >= 0.6 is 0 Å². The molecule has 0 spiro atoms. The van der Waals surface area contributed by atoms with E-state index in [0.717, 1.165) is 5.56 Å². The van der Waals surface area contributed by atoms with Crippen molar-refractivity contribution in [2.24, 2.45) is 0 Å². The molecular weight excluding hydrogens is 292 g/mol. The van der Waals surface area contributed by atoms with E-state index in [1.54, 1.807) is 25.2 Å². The van der Waals surface area contributed by atoms with Crippen molar-refractivity contribution in [3.05, 3.63) is 59.7 Å². The summed E-state index contributed by atoms with van der Waals surface area (Å²) in [4.78, 5) is 23.5. The minimum Gasteiger partial charge on any atom is -0.496 e. The fourth-order valence-corrected chi connectivity index (χ4v) is 2.17. The molecule has 2 N–H and O–H groups in total. The van der Waals surface area contributed by atoms with Crippen molar-refractivity contribution in [3.8, 4) is 5.75 Å². The van der Waals surface area contributed by atoms with E-state index in [1.807, 2.05) is 30.3 Å². The monoisotopic (exact) mass is 312 g/mol. The summed E-state index contributed by atoms with van der Waals surface area (Å²) in [5.74, 6) is 0.325. The molecule has 0 unspecified atom stereocenters. The van der Waals surface area contributed by atoms with Crippen molar-refractivity contribution in [2.75, 3.05) is 19.5 Å². The Hall–Kier alpha value is -2.82. The summed E-state index contributed by atoms with van der Waals surface area (Å²) in [5, 5.41) is 5.43. The van der Waals surface area contributed by atoms with Gasteiger partial charge in [0.15, 0.2) is 0 Å². The number of ether oxygens (including phenoxy) is 1. The first-order valence-electron chi connectivity index (χ1n) is 7.38. The normalized spacial score (nSPS) is 10.0. The van der Waals surface area contributed by atoms with E-state index in [0.29, 0.717) is 29.8 Å². The van der Waals surface area contributed by atoms with Gasteiger partial charge >= 0.3 is 0 Å². The van der Waals surface area contributed by atoms with Gasteiger partial charge in [0.25, 0.3) is 5.91 Å². The van der Waals surface area contributed by atoms with E-state index < -0.39 is 0 Å². The number of carbonyl (C=O) groups excluding carboxylic acids is 2. The van der Waals surface area contributed by atoms with Gasteiger partial charge in [0, 0.05) is 19.2 Å². The van der Waals surface area contributed by atoms with Gasteiger partial charge in [-0.25, -0.2) is 0 Å². The highest BCUT2D eigenvalue weighted by molar-refractivity contribution is 6.06. The first-order chi connectivity index (χ1) is 11.1. The van der Waals surface area contributed by atoms with E-state index in [1.165, 1.54) is 7.11 Å². The van der Waals surface area contributed by atoms with Gasteiger partial charge in [0.05, 0.1) is 12.7 Å². The molecule has 5 heteroatoms. The van der Waals surface area contributed by atoms with E-state index in [-0.39, 0.29) is 11.8 Å². The van der Waals surface area contributed by atoms with Crippen LogP contribution in [0.2, 0.25) is 0 Å². The van der Waals surface area contributed by atoms with Crippen molar-refractivity contribution < 1.29 is 14.3 Å². The maximum absolute atomic E-state index is 12.3. The highest BCUT2D eigenvalue weighted by atomic mass is 16.5. The topological polar surface area (TPSA) is 67.4 Å². The zero-order valence-electron chi connectivity index (χ0n) is 13.3. The number of anilines is 1. The predicted octanol–water partition coefficient (Wildman–Crippen LogP) is 2.63. The van der Waals surface area contributed by atoms with Crippen LogP contribution in [0.1, 0.15) is 22.3 Å². The number of aryl methyl sites for hydroxylation is 1. The SMILES string of the molecule is CNC(=O)CCc1ccc(NC(=O)c2ccccc2OC)cc1. The molecule has 120 valence electrons. The maximum Gasteiger partial charge on any atom is 0.259 e. The molecule has 0 saturated carbocycles. The Balaban J connectivity index is 2.00. The number of benzene rings is 2. The quantitative estimate of drug-likeness (QED) is 0.861. The minimum atomic E-state index is -0.222. The third-order valence-electron chi connectivity index (χ3n) is 3.48. The Morgan fingerprint density at radius 3 is 2.39 bits per heavy atom. The molecule has 0 fully saturated rings. The van der Waals surface area contributed by atoms with Gasteiger partial charge in [-0.2, -0.15) is 0 Å². The zero-order valence-corrected chi connectivity index (χ0v) is 13.3. The standard InChI is InChI=1S/C18H20N2O3/c1-19-17(21)12-9-13-7-10-14(11-8-13)20-18(22)15-5-3-4-6-16(15)23-2/h3-8,10-11H,9,12H2,1-2H3,(H,19,21)(H,20,22).